The molecule has 0 spiro atoms. The lowest BCUT2D eigenvalue weighted by Gasteiger charge is -2.31. The molecular weight excluding hydrogens is 344 g/mol. The Morgan fingerprint density at radius 3 is 2.92 bits per heavy atom. The number of ether oxygens (including phenoxy) is 1. The van der Waals surface area contributed by atoms with Crippen LogP contribution in [0.25, 0.3) is 0 Å². The second kappa shape index (κ2) is 8.55. The van der Waals surface area contributed by atoms with Crippen LogP contribution in [0.2, 0.25) is 0 Å². The second-order valence-corrected chi connectivity index (χ2v) is 8.03. The third kappa shape index (κ3) is 4.99. The maximum absolute atomic E-state index is 12.3. The smallest absolute Gasteiger partial charge is 0.233 e. The molecule has 3 rings (SSSR count). The fourth-order valence-corrected chi connectivity index (χ4v) is 4.24. The monoisotopic (exact) mass is 364 g/mol. The standard InChI is InChI=1S/C16H20N4O2S2/c1-12-18-19-16(24-12)23-11-15(21)20-7-4-14(5-8-20)22-10-13-3-2-6-17-9-13/h2-3,6,9,14H,4-5,7-8,10-11H2,1H3. The summed E-state index contributed by atoms with van der Waals surface area (Å²) in [6.07, 6.45) is 5.57. The van der Waals surface area contributed by atoms with Crippen LogP contribution in [0, 0.1) is 6.92 Å². The molecule has 0 bridgehead atoms. The average molecular weight is 364 g/mol. The highest BCUT2D eigenvalue weighted by Crippen LogP contribution is 2.23. The molecule has 1 aliphatic heterocycles. The number of pyridine rings is 1. The minimum atomic E-state index is 0.165. The van der Waals surface area contributed by atoms with E-state index in [0.717, 1.165) is 40.8 Å². The molecule has 1 amide bonds. The van der Waals surface area contributed by atoms with Crippen LogP contribution in [-0.2, 0) is 16.1 Å². The van der Waals surface area contributed by atoms with Crippen molar-refractivity contribution in [2.24, 2.45) is 0 Å². The molecule has 1 aliphatic rings. The van der Waals surface area contributed by atoms with Crippen molar-refractivity contribution >= 4 is 29.0 Å². The van der Waals surface area contributed by atoms with Crippen LogP contribution in [-0.4, -0.2) is 50.9 Å². The second-order valence-electron chi connectivity index (χ2n) is 5.63. The number of aromatic nitrogens is 3. The van der Waals surface area contributed by atoms with Gasteiger partial charge in [0.05, 0.1) is 18.5 Å². The number of likely N-dealkylation sites (tertiary alicyclic amines) is 1. The first-order chi connectivity index (χ1) is 11.7. The Labute approximate surface area is 149 Å². The van der Waals surface area contributed by atoms with E-state index in [1.54, 1.807) is 6.20 Å². The van der Waals surface area contributed by atoms with Crippen molar-refractivity contribution in [3.05, 3.63) is 35.1 Å². The molecule has 128 valence electrons. The molecule has 24 heavy (non-hydrogen) atoms. The molecule has 2 aromatic heterocycles. The highest BCUT2D eigenvalue weighted by Gasteiger charge is 2.23. The SMILES string of the molecule is Cc1nnc(SCC(=O)N2CCC(OCc3cccnc3)CC2)s1. The van der Waals surface area contributed by atoms with Gasteiger partial charge in [-0.15, -0.1) is 10.2 Å². The van der Waals surface area contributed by atoms with Crippen molar-refractivity contribution in [1.82, 2.24) is 20.1 Å². The number of carbonyl (C=O) groups excluding carboxylic acids is 1. The molecule has 6 nitrogen and oxygen atoms in total. The molecule has 3 heterocycles. The van der Waals surface area contributed by atoms with E-state index >= 15 is 0 Å². The van der Waals surface area contributed by atoms with Crippen LogP contribution >= 0.6 is 23.1 Å². The number of nitrogens with zero attached hydrogens (tertiary/aromatic N) is 4. The lowest BCUT2D eigenvalue weighted by molar-refractivity contribution is -0.131. The Kier molecular flexibility index (Phi) is 6.17. The van der Waals surface area contributed by atoms with E-state index in [9.17, 15) is 4.79 Å². The first kappa shape index (κ1) is 17.3. The zero-order chi connectivity index (χ0) is 16.8. The largest absolute Gasteiger partial charge is 0.373 e. The highest BCUT2D eigenvalue weighted by molar-refractivity contribution is 8.01. The van der Waals surface area contributed by atoms with Gasteiger partial charge in [-0.2, -0.15) is 0 Å². The summed E-state index contributed by atoms with van der Waals surface area (Å²) < 4.78 is 6.79. The van der Waals surface area contributed by atoms with E-state index in [4.69, 9.17) is 4.74 Å². The summed E-state index contributed by atoms with van der Waals surface area (Å²) in [6.45, 7) is 4.01. The van der Waals surface area contributed by atoms with Gasteiger partial charge in [0, 0.05) is 25.5 Å². The van der Waals surface area contributed by atoms with Crippen molar-refractivity contribution in [2.75, 3.05) is 18.8 Å². The van der Waals surface area contributed by atoms with Gasteiger partial charge < -0.3 is 9.64 Å². The van der Waals surface area contributed by atoms with Crippen molar-refractivity contribution in [3.8, 4) is 0 Å². The van der Waals surface area contributed by atoms with Crippen LogP contribution in [0.15, 0.2) is 28.9 Å². The van der Waals surface area contributed by atoms with Gasteiger partial charge in [-0.25, -0.2) is 0 Å². The normalized spacial score (nSPS) is 15.6. The number of carbonyl (C=O) groups is 1. The topological polar surface area (TPSA) is 68.2 Å². The number of hydrogen-bond acceptors (Lipinski definition) is 7. The number of aryl methyl sites for hydroxylation is 1. The Morgan fingerprint density at radius 1 is 1.42 bits per heavy atom. The van der Waals surface area contributed by atoms with Crippen molar-refractivity contribution < 1.29 is 9.53 Å². The van der Waals surface area contributed by atoms with Crippen LogP contribution in [0.1, 0.15) is 23.4 Å². The summed E-state index contributed by atoms with van der Waals surface area (Å²) in [7, 11) is 0. The molecule has 0 saturated carbocycles. The fourth-order valence-electron chi connectivity index (χ4n) is 2.52. The summed E-state index contributed by atoms with van der Waals surface area (Å²) in [5.74, 6) is 0.592. The molecular formula is C16H20N4O2S2. The Balaban J connectivity index is 1.37. The maximum Gasteiger partial charge on any atom is 0.233 e. The van der Waals surface area contributed by atoms with Gasteiger partial charge in [0.25, 0.3) is 0 Å². The number of thioether (sulfide) groups is 1. The third-order valence-corrected chi connectivity index (χ3v) is 5.79. The lowest BCUT2D eigenvalue weighted by Crippen LogP contribution is -2.41. The summed E-state index contributed by atoms with van der Waals surface area (Å²) >= 11 is 2.99. The Hall–Kier alpha value is -1.51. The molecule has 2 aromatic rings. The lowest BCUT2D eigenvalue weighted by atomic mass is 10.1. The van der Waals surface area contributed by atoms with Crippen molar-refractivity contribution in [2.45, 2.75) is 36.8 Å². The zero-order valence-corrected chi connectivity index (χ0v) is 15.2. The van der Waals surface area contributed by atoms with Crippen LogP contribution < -0.4 is 0 Å². The van der Waals surface area contributed by atoms with Gasteiger partial charge in [-0.05, 0) is 31.4 Å². The van der Waals surface area contributed by atoms with Gasteiger partial charge in [-0.1, -0.05) is 29.2 Å². The number of piperidine rings is 1. The van der Waals surface area contributed by atoms with Crippen LogP contribution in [0.5, 0.6) is 0 Å². The average Bonchev–Trinajstić information content (AvgIpc) is 3.04. The fraction of sp³-hybridized carbons (Fsp3) is 0.500. The number of rotatable bonds is 6. The Morgan fingerprint density at radius 2 is 2.25 bits per heavy atom. The molecule has 0 atom stereocenters. The first-order valence-electron chi connectivity index (χ1n) is 7.92. The molecule has 0 N–H and O–H groups in total. The van der Waals surface area contributed by atoms with Crippen LogP contribution in [0.4, 0.5) is 0 Å². The Bertz CT molecular complexity index is 657. The predicted molar refractivity (Wildman–Crippen MR) is 94.0 cm³/mol. The van der Waals surface area contributed by atoms with E-state index in [2.05, 4.69) is 15.2 Å². The van der Waals surface area contributed by atoms with Crippen molar-refractivity contribution in [1.29, 1.82) is 0 Å². The van der Waals surface area contributed by atoms with E-state index in [1.165, 1.54) is 23.1 Å². The van der Waals surface area contributed by atoms with Crippen molar-refractivity contribution in [3.63, 3.8) is 0 Å². The maximum atomic E-state index is 12.3. The first-order valence-corrected chi connectivity index (χ1v) is 9.72. The minimum absolute atomic E-state index is 0.165. The molecule has 8 heteroatoms. The van der Waals surface area contributed by atoms with E-state index < -0.39 is 0 Å². The van der Waals surface area contributed by atoms with Gasteiger partial charge in [-0.3, -0.25) is 9.78 Å². The van der Waals surface area contributed by atoms with E-state index in [1.807, 2.05) is 30.2 Å². The van der Waals surface area contributed by atoms with Gasteiger partial charge in [0.15, 0.2) is 4.34 Å². The number of amides is 1. The van der Waals surface area contributed by atoms with E-state index in [0.29, 0.717) is 12.4 Å². The molecule has 0 radical (unpaired) electrons. The third-order valence-electron chi connectivity index (χ3n) is 3.83. The van der Waals surface area contributed by atoms with Gasteiger partial charge in [0.2, 0.25) is 5.91 Å². The summed E-state index contributed by atoms with van der Waals surface area (Å²) in [6, 6.07) is 3.93. The van der Waals surface area contributed by atoms with Gasteiger partial charge in [0.1, 0.15) is 5.01 Å². The molecule has 0 unspecified atom stereocenters. The summed E-state index contributed by atoms with van der Waals surface area (Å²) in [4.78, 5) is 18.3. The summed E-state index contributed by atoms with van der Waals surface area (Å²) in [5, 5.41) is 8.93. The zero-order valence-electron chi connectivity index (χ0n) is 13.6. The summed E-state index contributed by atoms with van der Waals surface area (Å²) in [5.41, 5.74) is 1.08. The van der Waals surface area contributed by atoms with E-state index in [-0.39, 0.29) is 12.0 Å². The van der Waals surface area contributed by atoms with Gasteiger partial charge >= 0.3 is 0 Å². The molecule has 1 saturated heterocycles. The van der Waals surface area contributed by atoms with Crippen LogP contribution in [0.3, 0.4) is 0 Å². The quantitative estimate of drug-likeness (QED) is 0.734. The molecule has 0 aliphatic carbocycles. The highest BCUT2D eigenvalue weighted by atomic mass is 32.2. The molecule has 0 aromatic carbocycles. The minimum Gasteiger partial charge on any atom is -0.373 e. The predicted octanol–water partition coefficient (Wildman–Crippen LogP) is 2.54. The molecule has 1 fully saturated rings. The number of hydrogen-bond donors (Lipinski definition) is 0.